The van der Waals surface area contributed by atoms with Crippen LogP contribution in [-0.4, -0.2) is 53.9 Å². The number of carbonyl (C=O) groups is 2. The van der Waals surface area contributed by atoms with Gasteiger partial charge < -0.3 is 18.9 Å². The van der Waals surface area contributed by atoms with Crippen LogP contribution in [0.25, 0.3) is 16.7 Å². The van der Waals surface area contributed by atoms with Gasteiger partial charge in [-0.25, -0.2) is 9.59 Å². The topological polar surface area (TPSA) is 102 Å². The monoisotopic (exact) mass is 495 g/mol. The van der Waals surface area contributed by atoms with E-state index in [-0.39, 0.29) is 13.2 Å². The highest BCUT2D eigenvalue weighted by Gasteiger charge is 2.13. The van der Waals surface area contributed by atoms with Crippen molar-refractivity contribution < 1.29 is 28.5 Å². The molecule has 1 aromatic heterocycles. The van der Waals surface area contributed by atoms with Gasteiger partial charge in [0.15, 0.2) is 11.5 Å². The van der Waals surface area contributed by atoms with Crippen molar-refractivity contribution in [3.8, 4) is 17.2 Å². The molecule has 0 saturated carbocycles. The zero-order valence-electron chi connectivity index (χ0n) is 20.9. The summed E-state index contributed by atoms with van der Waals surface area (Å²) in [7, 11) is 1.60. The Bertz CT molecular complexity index is 1170. The SMILES string of the molecule is C=CC(=O)OCCOC(=O)c1ccc2nn(-c3ccc(OCCCCCCCC)c(OC)c3)nc2c1. The van der Waals surface area contributed by atoms with Crippen LogP contribution in [0.3, 0.4) is 0 Å². The van der Waals surface area contributed by atoms with Gasteiger partial charge in [0.2, 0.25) is 0 Å². The summed E-state index contributed by atoms with van der Waals surface area (Å²) in [5.74, 6) is 0.157. The lowest BCUT2D eigenvalue weighted by Gasteiger charge is -2.12. The summed E-state index contributed by atoms with van der Waals surface area (Å²) in [4.78, 5) is 24.8. The molecule has 3 rings (SSSR count). The van der Waals surface area contributed by atoms with E-state index in [1.54, 1.807) is 25.3 Å². The zero-order chi connectivity index (χ0) is 25.8. The Morgan fingerprint density at radius 1 is 0.889 bits per heavy atom. The second kappa shape index (κ2) is 13.9. The number of rotatable bonds is 15. The molecule has 9 nitrogen and oxygen atoms in total. The summed E-state index contributed by atoms with van der Waals surface area (Å²) < 4.78 is 21.4. The van der Waals surface area contributed by atoms with Crippen LogP contribution in [0.15, 0.2) is 49.1 Å². The summed E-state index contributed by atoms with van der Waals surface area (Å²) in [5, 5.41) is 8.99. The van der Waals surface area contributed by atoms with Gasteiger partial charge in [0.1, 0.15) is 24.2 Å². The van der Waals surface area contributed by atoms with Gasteiger partial charge in [0, 0.05) is 12.1 Å². The van der Waals surface area contributed by atoms with Crippen LogP contribution >= 0.6 is 0 Å². The van der Waals surface area contributed by atoms with Crippen LogP contribution < -0.4 is 9.47 Å². The number of hydrogen-bond acceptors (Lipinski definition) is 8. The molecule has 9 heteroatoms. The molecule has 0 aliphatic heterocycles. The van der Waals surface area contributed by atoms with Crippen LogP contribution in [0.1, 0.15) is 55.8 Å². The van der Waals surface area contributed by atoms with E-state index in [1.165, 1.54) is 30.5 Å². The maximum atomic E-state index is 12.3. The Morgan fingerprint density at radius 2 is 1.64 bits per heavy atom. The van der Waals surface area contributed by atoms with Gasteiger partial charge in [0.05, 0.1) is 25.0 Å². The first kappa shape index (κ1) is 26.7. The number of ether oxygens (including phenoxy) is 4. The van der Waals surface area contributed by atoms with E-state index in [0.717, 1.165) is 18.9 Å². The number of esters is 2. The lowest BCUT2D eigenvalue weighted by Crippen LogP contribution is -2.12. The minimum Gasteiger partial charge on any atom is -0.493 e. The molecule has 36 heavy (non-hydrogen) atoms. The Labute approximate surface area is 211 Å². The van der Waals surface area contributed by atoms with Crippen molar-refractivity contribution >= 4 is 23.0 Å². The van der Waals surface area contributed by atoms with Crippen LogP contribution in [0.5, 0.6) is 11.5 Å². The lowest BCUT2D eigenvalue weighted by molar-refractivity contribution is -0.138. The van der Waals surface area contributed by atoms with Crippen LogP contribution in [0.4, 0.5) is 0 Å². The predicted octanol–water partition coefficient (Wildman–Crippen LogP) is 5.05. The van der Waals surface area contributed by atoms with Gasteiger partial charge in [-0.2, -0.15) is 4.80 Å². The number of carbonyl (C=O) groups excluding carboxylic acids is 2. The molecule has 0 aliphatic carbocycles. The second-order valence-electron chi connectivity index (χ2n) is 8.15. The Hall–Kier alpha value is -3.88. The van der Waals surface area contributed by atoms with Crippen molar-refractivity contribution in [1.82, 2.24) is 15.0 Å². The first-order chi connectivity index (χ1) is 17.5. The first-order valence-corrected chi connectivity index (χ1v) is 12.2. The maximum absolute atomic E-state index is 12.3. The number of hydrogen-bond donors (Lipinski definition) is 0. The Morgan fingerprint density at radius 3 is 2.42 bits per heavy atom. The van der Waals surface area contributed by atoms with Crippen LogP contribution in [0, 0.1) is 0 Å². The third kappa shape index (κ3) is 7.56. The van der Waals surface area contributed by atoms with E-state index >= 15 is 0 Å². The fourth-order valence-electron chi connectivity index (χ4n) is 3.54. The highest BCUT2D eigenvalue weighted by Crippen LogP contribution is 2.30. The van der Waals surface area contributed by atoms with Gasteiger partial charge in [-0.1, -0.05) is 45.6 Å². The lowest BCUT2D eigenvalue weighted by atomic mass is 10.1. The van der Waals surface area contributed by atoms with Crippen molar-refractivity contribution in [2.24, 2.45) is 0 Å². The third-order valence-electron chi connectivity index (χ3n) is 5.48. The largest absolute Gasteiger partial charge is 0.493 e. The number of benzene rings is 2. The van der Waals surface area contributed by atoms with Crippen LogP contribution in [-0.2, 0) is 14.3 Å². The molecule has 0 saturated heterocycles. The van der Waals surface area contributed by atoms with Gasteiger partial charge in [-0.15, -0.1) is 10.2 Å². The quantitative estimate of drug-likeness (QED) is 0.164. The summed E-state index contributed by atoms with van der Waals surface area (Å²) >= 11 is 0. The minimum absolute atomic E-state index is 0.0461. The van der Waals surface area contributed by atoms with E-state index < -0.39 is 11.9 Å². The minimum atomic E-state index is -0.571. The van der Waals surface area contributed by atoms with Crippen molar-refractivity contribution in [3.63, 3.8) is 0 Å². The van der Waals surface area contributed by atoms with Gasteiger partial charge in [-0.05, 0) is 36.8 Å². The molecule has 1 heterocycles. The predicted molar refractivity (Wildman–Crippen MR) is 136 cm³/mol. The summed E-state index contributed by atoms with van der Waals surface area (Å²) in [5.41, 5.74) is 2.17. The van der Waals surface area contributed by atoms with E-state index in [9.17, 15) is 9.59 Å². The van der Waals surface area contributed by atoms with E-state index in [4.69, 9.17) is 18.9 Å². The molecule has 0 amide bonds. The van der Waals surface area contributed by atoms with Crippen LogP contribution in [0.2, 0.25) is 0 Å². The normalized spacial score (nSPS) is 10.7. The number of unbranched alkanes of at least 4 members (excludes halogenated alkanes) is 5. The maximum Gasteiger partial charge on any atom is 0.338 e. The number of aromatic nitrogens is 3. The molecule has 0 radical (unpaired) electrons. The molecule has 0 bridgehead atoms. The van der Waals surface area contributed by atoms with Crippen molar-refractivity contribution in [3.05, 3.63) is 54.6 Å². The van der Waals surface area contributed by atoms with Crippen molar-refractivity contribution in [2.45, 2.75) is 45.4 Å². The molecule has 0 aliphatic rings. The molecule has 192 valence electrons. The Kier molecular flexibility index (Phi) is 10.3. The Balaban J connectivity index is 1.61. The molecule has 2 aromatic carbocycles. The fourth-order valence-corrected chi connectivity index (χ4v) is 3.54. The zero-order valence-corrected chi connectivity index (χ0v) is 20.9. The average Bonchev–Trinajstić information content (AvgIpc) is 3.33. The molecule has 0 spiro atoms. The molecule has 3 aromatic rings. The molecule has 0 N–H and O–H groups in total. The number of methoxy groups -OCH3 is 1. The van der Waals surface area contributed by atoms with Gasteiger partial charge >= 0.3 is 11.9 Å². The molecule has 0 unspecified atom stereocenters. The first-order valence-electron chi connectivity index (χ1n) is 12.2. The number of fused-ring (bicyclic) bond motifs is 1. The van der Waals surface area contributed by atoms with E-state index in [2.05, 4.69) is 23.7 Å². The van der Waals surface area contributed by atoms with E-state index in [0.29, 0.717) is 40.4 Å². The van der Waals surface area contributed by atoms with Crippen molar-refractivity contribution in [1.29, 1.82) is 0 Å². The van der Waals surface area contributed by atoms with Gasteiger partial charge in [0.25, 0.3) is 0 Å². The standard InChI is InChI=1S/C27H33N3O6/c1-4-6-7-8-9-10-15-34-24-14-12-21(19-25(24)33-3)30-28-22-13-11-20(18-23(22)29-30)27(32)36-17-16-35-26(31)5-2/h5,11-14,18-19H,2,4,6-10,15-17H2,1,3H3. The fraction of sp³-hybridized carbons (Fsp3) is 0.407. The molecule has 0 fully saturated rings. The van der Waals surface area contributed by atoms with Crippen molar-refractivity contribution in [2.75, 3.05) is 26.9 Å². The average molecular weight is 496 g/mol. The molecule has 0 atom stereocenters. The van der Waals surface area contributed by atoms with E-state index in [1.807, 2.05) is 18.2 Å². The smallest absolute Gasteiger partial charge is 0.338 e. The third-order valence-corrected chi connectivity index (χ3v) is 5.48. The summed E-state index contributed by atoms with van der Waals surface area (Å²) in [6.45, 7) is 6.05. The van der Waals surface area contributed by atoms with Gasteiger partial charge in [-0.3, -0.25) is 0 Å². The summed E-state index contributed by atoms with van der Waals surface area (Å²) in [6.07, 6.45) is 8.24. The number of nitrogens with zero attached hydrogens (tertiary/aromatic N) is 3. The molecular formula is C27H33N3O6. The highest BCUT2D eigenvalue weighted by atomic mass is 16.6. The second-order valence-corrected chi connectivity index (χ2v) is 8.15. The summed E-state index contributed by atoms with van der Waals surface area (Å²) in [6, 6.07) is 10.4. The molecular weight excluding hydrogens is 462 g/mol. The highest BCUT2D eigenvalue weighted by molar-refractivity contribution is 5.93.